The van der Waals surface area contributed by atoms with Crippen molar-refractivity contribution in [2.45, 2.75) is 51.2 Å². The molecule has 1 aromatic heterocycles. The molecular weight excluding hydrogens is 260 g/mol. The molecule has 2 fully saturated rings. The van der Waals surface area contributed by atoms with Gasteiger partial charge < -0.3 is 15.1 Å². The van der Waals surface area contributed by atoms with Crippen molar-refractivity contribution in [2.75, 3.05) is 32.1 Å². The van der Waals surface area contributed by atoms with E-state index in [1.54, 1.807) is 0 Å². The van der Waals surface area contributed by atoms with E-state index >= 15 is 0 Å². The summed E-state index contributed by atoms with van der Waals surface area (Å²) in [6.07, 6.45) is 5.15. The van der Waals surface area contributed by atoms with Crippen LogP contribution in [0.3, 0.4) is 0 Å². The zero-order valence-electron chi connectivity index (χ0n) is 13.6. The summed E-state index contributed by atoms with van der Waals surface area (Å²) >= 11 is 0. The lowest BCUT2D eigenvalue weighted by Crippen LogP contribution is -2.42. The lowest BCUT2D eigenvalue weighted by atomic mass is 10.0. The maximum absolute atomic E-state index is 4.76. The number of nitrogens with zero attached hydrogens (tertiary/aromatic N) is 3. The van der Waals surface area contributed by atoms with Crippen molar-refractivity contribution in [2.24, 2.45) is 0 Å². The number of nitrogens with one attached hydrogen (secondary N) is 1. The van der Waals surface area contributed by atoms with Crippen LogP contribution in [-0.4, -0.2) is 49.2 Å². The second-order valence-corrected chi connectivity index (χ2v) is 6.78. The molecule has 21 heavy (non-hydrogen) atoms. The summed E-state index contributed by atoms with van der Waals surface area (Å²) < 4.78 is 0. The molecule has 0 atom stereocenters. The largest absolute Gasteiger partial charge is 0.357 e. The molecule has 0 bridgehead atoms. The minimum atomic E-state index is 0.625. The van der Waals surface area contributed by atoms with Crippen LogP contribution in [-0.2, 0) is 6.54 Å². The van der Waals surface area contributed by atoms with Gasteiger partial charge >= 0.3 is 0 Å². The van der Waals surface area contributed by atoms with Gasteiger partial charge in [-0.05, 0) is 70.4 Å². The maximum Gasteiger partial charge on any atom is 0.129 e. The van der Waals surface area contributed by atoms with Gasteiger partial charge in [-0.25, -0.2) is 4.98 Å². The highest BCUT2D eigenvalue weighted by atomic mass is 15.2. The van der Waals surface area contributed by atoms with Crippen LogP contribution in [0, 0.1) is 6.92 Å². The topological polar surface area (TPSA) is 31.4 Å². The van der Waals surface area contributed by atoms with Crippen molar-refractivity contribution in [3.05, 3.63) is 23.4 Å². The number of aryl methyl sites for hydroxylation is 1. The summed E-state index contributed by atoms with van der Waals surface area (Å²) in [5, 5.41) is 3.60. The molecule has 0 radical (unpaired) electrons. The van der Waals surface area contributed by atoms with Crippen LogP contribution < -0.4 is 10.2 Å². The van der Waals surface area contributed by atoms with E-state index in [-0.39, 0.29) is 0 Å². The van der Waals surface area contributed by atoms with E-state index in [1.165, 1.54) is 44.3 Å². The summed E-state index contributed by atoms with van der Waals surface area (Å²) in [6.45, 7) is 5.46. The molecule has 0 unspecified atom stereocenters. The van der Waals surface area contributed by atoms with E-state index in [0.29, 0.717) is 6.04 Å². The van der Waals surface area contributed by atoms with Gasteiger partial charge in [-0.2, -0.15) is 0 Å². The van der Waals surface area contributed by atoms with Crippen LogP contribution >= 0.6 is 0 Å². The number of hydrogen-bond acceptors (Lipinski definition) is 4. The highest BCUT2D eigenvalue weighted by Crippen LogP contribution is 2.23. The van der Waals surface area contributed by atoms with Crippen molar-refractivity contribution < 1.29 is 0 Å². The molecule has 1 saturated carbocycles. The van der Waals surface area contributed by atoms with Crippen molar-refractivity contribution in [3.8, 4) is 0 Å². The van der Waals surface area contributed by atoms with Crippen LogP contribution in [0.1, 0.15) is 36.9 Å². The van der Waals surface area contributed by atoms with Crippen molar-refractivity contribution in [3.63, 3.8) is 0 Å². The van der Waals surface area contributed by atoms with Gasteiger partial charge in [0.25, 0.3) is 0 Å². The third-order valence-electron chi connectivity index (χ3n) is 4.77. The number of likely N-dealkylation sites (tertiary alicyclic amines) is 1. The Morgan fingerprint density at radius 1 is 1.24 bits per heavy atom. The first-order valence-electron chi connectivity index (χ1n) is 8.24. The first-order valence-corrected chi connectivity index (χ1v) is 8.24. The van der Waals surface area contributed by atoms with Gasteiger partial charge in [0.05, 0.1) is 0 Å². The van der Waals surface area contributed by atoms with Gasteiger partial charge in [0, 0.05) is 31.4 Å². The van der Waals surface area contributed by atoms with Crippen LogP contribution in [0.5, 0.6) is 0 Å². The predicted octanol–water partition coefficient (Wildman–Crippen LogP) is 2.17. The van der Waals surface area contributed by atoms with Crippen LogP contribution in [0.25, 0.3) is 0 Å². The van der Waals surface area contributed by atoms with Crippen LogP contribution in [0.2, 0.25) is 0 Å². The molecule has 0 aromatic carbocycles. The molecular formula is C17H28N4. The molecule has 116 valence electrons. The summed E-state index contributed by atoms with van der Waals surface area (Å²) in [5.41, 5.74) is 2.49. The van der Waals surface area contributed by atoms with E-state index in [2.05, 4.69) is 48.3 Å². The Morgan fingerprint density at radius 3 is 2.62 bits per heavy atom. The van der Waals surface area contributed by atoms with Crippen molar-refractivity contribution >= 4 is 5.82 Å². The quantitative estimate of drug-likeness (QED) is 0.900. The SMILES string of the molecule is Cc1cc(CNC2CC2)cc(N(C)C2CCN(C)CC2)n1. The second kappa shape index (κ2) is 6.32. The fourth-order valence-electron chi connectivity index (χ4n) is 3.12. The smallest absolute Gasteiger partial charge is 0.129 e. The van der Waals surface area contributed by atoms with Gasteiger partial charge in [0.15, 0.2) is 0 Å². The third-order valence-corrected chi connectivity index (χ3v) is 4.77. The zero-order valence-corrected chi connectivity index (χ0v) is 13.6. The number of piperidine rings is 1. The van der Waals surface area contributed by atoms with Crippen molar-refractivity contribution in [1.82, 2.24) is 15.2 Å². The lowest BCUT2D eigenvalue weighted by molar-refractivity contribution is 0.252. The Balaban J connectivity index is 1.67. The Kier molecular flexibility index (Phi) is 4.45. The average molecular weight is 288 g/mol. The number of hydrogen-bond donors (Lipinski definition) is 1. The third kappa shape index (κ3) is 3.95. The van der Waals surface area contributed by atoms with Crippen molar-refractivity contribution in [1.29, 1.82) is 0 Å². The Labute approximate surface area is 128 Å². The Hall–Kier alpha value is -1.13. The molecule has 2 aliphatic rings. The number of anilines is 1. The molecule has 3 rings (SSSR count). The Morgan fingerprint density at radius 2 is 1.95 bits per heavy atom. The fourth-order valence-corrected chi connectivity index (χ4v) is 3.12. The first kappa shape index (κ1) is 14.8. The molecule has 1 saturated heterocycles. The molecule has 0 spiro atoms. The monoisotopic (exact) mass is 288 g/mol. The molecule has 1 aliphatic carbocycles. The van der Waals surface area contributed by atoms with E-state index in [1.807, 2.05) is 0 Å². The van der Waals surface area contributed by atoms with Gasteiger partial charge in [-0.3, -0.25) is 0 Å². The first-order chi connectivity index (χ1) is 10.1. The fraction of sp³-hybridized carbons (Fsp3) is 0.706. The predicted molar refractivity (Wildman–Crippen MR) is 87.8 cm³/mol. The van der Waals surface area contributed by atoms with Gasteiger partial charge in [0.1, 0.15) is 5.82 Å². The highest BCUT2D eigenvalue weighted by molar-refractivity contribution is 5.43. The summed E-state index contributed by atoms with van der Waals surface area (Å²) in [5.74, 6) is 1.14. The van der Waals surface area contributed by atoms with E-state index in [9.17, 15) is 0 Å². The Bertz CT molecular complexity index is 476. The minimum Gasteiger partial charge on any atom is -0.357 e. The number of aromatic nitrogens is 1. The molecule has 1 aromatic rings. The van der Waals surface area contributed by atoms with Gasteiger partial charge in [0.2, 0.25) is 0 Å². The van der Waals surface area contributed by atoms with E-state index < -0.39 is 0 Å². The lowest BCUT2D eigenvalue weighted by Gasteiger charge is -2.36. The molecule has 1 aliphatic heterocycles. The summed E-state index contributed by atoms with van der Waals surface area (Å²) in [7, 11) is 4.42. The summed E-state index contributed by atoms with van der Waals surface area (Å²) in [6, 6.07) is 5.86. The molecule has 4 heteroatoms. The summed E-state index contributed by atoms with van der Waals surface area (Å²) in [4.78, 5) is 9.56. The van der Waals surface area contributed by atoms with Crippen LogP contribution in [0.4, 0.5) is 5.82 Å². The van der Waals surface area contributed by atoms with E-state index in [4.69, 9.17) is 4.98 Å². The van der Waals surface area contributed by atoms with Gasteiger partial charge in [-0.1, -0.05) is 0 Å². The normalized spacial score (nSPS) is 20.7. The molecule has 0 amide bonds. The zero-order chi connectivity index (χ0) is 14.8. The number of pyridine rings is 1. The average Bonchev–Trinajstić information content (AvgIpc) is 3.29. The standard InChI is InChI=1S/C17H28N4/c1-13-10-14(12-18-15-4-5-15)11-17(19-13)21(3)16-6-8-20(2)9-7-16/h10-11,15-16,18H,4-9,12H2,1-3H3. The number of rotatable bonds is 5. The van der Waals surface area contributed by atoms with E-state index in [0.717, 1.165) is 24.1 Å². The van der Waals surface area contributed by atoms with Gasteiger partial charge in [-0.15, -0.1) is 0 Å². The second-order valence-electron chi connectivity index (χ2n) is 6.78. The highest BCUT2D eigenvalue weighted by Gasteiger charge is 2.23. The minimum absolute atomic E-state index is 0.625. The molecule has 4 nitrogen and oxygen atoms in total. The molecule has 1 N–H and O–H groups in total. The van der Waals surface area contributed by atoms with Crippen LogP contribution in [0.15, 0.2) is 12.1 Å². The molecule has 2 heterocycles. The maximum atomic E-state index is 4.76.